The number of halogens is 3. The summed E-state index contributed by atoms with van der Waals surface area (Å²) in [6.45, 7) is 4.61. The molecule has 1 amide bonds. The van der Waals surface area contributed by atoms with Gasteiger partial charge in [-0.05, 0) is 48.4 Å². The number of benzene rings is 2. The molecular formula is C18H18F3NO2. The van der Waals surface area contributed by atoms with Crippen molar-refractivity contribution in [2.45, 2.75) is 20.0 Å². The first kappa shape index (κ1) is 17.8. The quantitative estimate of drug-likeness (QED) is 0.834. The zero-order valence-electron chi connectivity index (χ0n) is 13.4. The molecule has 2 aromatic rings. The number of hydrogen-bond acceptors (Lipinski definition) is 2. The monoisotopic (exact) mass is 337 g/mol. The van der Waals surface area contributed by atoms with E-state index in [1.807, 2.05) is 13.8 Å². The van der Waals surface area contributed by atoms with Gasteiger partial charge in [-0.2, -0.15) is 13.2 Å². The summed E-state index contributed by atoms with van der Waals surface area (Å²) in [5.74, 6) is 0.540. The van der Waals surface area contributed by atoms with E-state index in [1.54, 1.807) is 24.3 Å². The van der Waals surface area contributed by atoms with E-state index in [4.69, 9.17) is 4.74 Å². The summed E-state index contributed by atoms with van der Waals surface area (Å²) in [6, 6.07) is 11.0. The van der Waals surface area contributed by atoms with Gasteiger partial charge in [-0.3, -0.25) is 4.79 Å². The van der Waals surface area contributed by atoms with E-state index in [-0.39, 0.29) is 5.69 Å². The number of nitrogens with one attached hydrogen (secondary N) is 1. The van der Waals surface area contributed by atoms with Crippen molar-refractivity contribution < 1.29 is 22.7 Å². The van der Waals surface area contributed by atoms with E-state index in [0.29, 0.717) is 23.8 Å². The fourth-order valence-corrected chi connectivity index (χ4v) is 1.94. The zero-order valence-corrected chi connectivity index (χ0v) is 13.4. The molecular weight excluding hydrogens is 319 g/mol. The maximum atomic E-state index is 12.7. The smallest absolute Gasteiger partial charge is 0.416 e. The predicted octanol–water partition coefficient (Wildman–Crippen LogP) is 4.99. The van der Waals surface area contributed by atoms with Crippen molar-refractivity contribution in [3.05, 3.63) is 59.7 Å². The molecule has 0 fully saturated rings. The molecule has 3 nitrogen and oxygen atoms in total. The minimum atomic E-state index is -4.45. The van der Waals surface area contributed by atoms with Gasteiger partial charge in [-0.25, -0.2) is 0 Å². The summed E-state index contributed by atoms with van der Waals surface area (Å²) >= 11 is 0. The molecule has 128 valence electrons. The Morgan fingerprint density at radius 2 is 1.79 bits per heavy atom. The summed E-state index contributed by atoms with van der Waals surface area (Å²) in [7, 11) is 0. The van der Waals surface area contributed by atoms with Crippen LogP contribution < -0.4 is 10.1 Å². The highest BCUT2D eigenvalue weighted by Crippen LogP contribution is 2.30. The molecule has 2 aromatic carbocycles. The van der Waals surface area contributed by atoms with E-state index in [2.05, 4.69) is 5.32 Å². The number of anilines is 1. The molecule has 0 unspecified atom stereocenters. The minimum Gasteiger partial charge on any atom is -0.493 e. The average Bonchev–Trinajstić information content (AvgIpc) is 2.53. The van der Waals surface area contributed by atoms with E-state index >= 15 is 0 Å². The van der Waals surface area contributed by atoms with Crippen molar-refractivity contribution >= 4 is 11.6 Å². The SMILES string of the molecule is CC(C)COc1ccc(C(=O)Nc2cccc(C(F)(F)F)c2)cc1. The van der Waals surface area contributed by atoms with Crippen molar-refractivity contribution in [1.82, 2.24) is 0 Å². The first-order valence-corrected chi connectivity index (χ1v) is 7.47. The summed E-state index contributed by atoms with van der Waals surface area (Å²) in [5, 5.41) is 2.46. The van der Waals surface area contributed by atoms with Gasteiger partial charge in [0.15, 0.2) is 0 Å². The van der Waals surface area contributed by atoms with Crippen LogP contribution in [0.2, 0.25) is 0 Å². The molecule has 1 N–H and O–H groups in total. The van der Waals surface area contributed by atoms with Gasteiger partial charge in [0.25, 0.3) is 5.91 Å². The van der Waals surface area contributed by atoms with Crippen molar-refractivity contribution in [3.63, 3.8) is 0 Å². The Hall–Kier alpha value is -2.50. The van der Waals surface area contributed by atoms with Crippen LogP contribution in [0.5, 0.6) is 5.75 Å². The normalized spacial score (nSPS) is 11.4. The van der Waals surface area contributed by atoms with Crippen molar-refractivity contribution in [1.29, 1.82) is 0 Å². The van der Waals surface area contributed by atoms with E-state index in [1.165, 1.54) is 12.1 Å². The van der Waals surface area contributed by atoms with Crippen LogP contribution in [-0.4, -0.2) is 12.5 Å². The van der Waals surface area contributed by atoms with Gasteiger partial charge in [0, 0.05) is 11.3 Å². The molecule has 0 aliphatic carbocycles. The fourth-order valence-electron chi connectivity index (χ4n) is 1.94. The highest BCUT2D eigenvalue weighted by Gasteiger charge is 2.30. The van der Waals surface area contributed by atoms with Crippen LogP contribution in [-0.2, 0) is 6.18 Å². The lowest BCUT2D eigenvalue weighted by Gasteiger charge is -2.11. The largest absolute Gasteiger partial charge is 0.493 e. The first-order valence-electron chi connectivity index (χ1n) is 7.47. The van der Waals surface area contributed by atoms with Crippen LogP contribution in [0, 0.1) is 5.92 Å². The average molecular weight is 337 g/mol. The van der Waals surface area contributed by atoms with Crippen molar-refractivity contribution in [3.8, 4) is 5.75 Å². The summed E-state index contributed by atoms with van der Waals surface area (Å²) in [5.41, 5.74) is -0.378. The molecule has 24 heavy (non-hydrogen) atoms. The number of hydrogen-bond donors (Lipinski definition) is 1. The Balaban J connectivity index is 2.05. The van der Waals surface area contributed by atoms with Crippen molar-refractivity contribution in [2.75, 3.05) is 11.9 Å². The summed E-state index contributed by atoms with van der Waals surface area (Å²) in [4.78, 5) is 12.1. The van der Waals surface area contributed by atoms with Gasteiger partial charge in [0.1, 0.15) is 5.75 Å². The van der Waals surface area contributed by atoms with Gasteiger partial charge in [-0.15, -0.1) is 0 Å². The number of amides is 1. The molecule has 0 aromatic heterocycles. The highest BCUT2D eigenvalue weighted by molar-refractivity contribution is 6.04. The highest BCUT2D eigenvalue weighted by atomic mass is 19.4. The van der Waals surface area contributed by atoms with Crippen LogP contribution in [0.4, 0.5) is 18.9 Å². The molecule has 0 bridgehead atoms. The topological polar surface area (TPSA) is 38.3 Å². The second-order valence-corrected chi connectivity index (χ2v) is 5.76. The van der Waals surface area contributed by atoms with Gasteiger partial charge < -0.3 is 10.1 Å². The van der Waals surface area contributed by atoms with Gasteiger partial charge in [-0.1, -0.05) is 19.9 Å². The molecule has 0 saturated carbocycles. The lowest BCUT2D eigenvalue weighted by atomic mass is 10.1. The Morgan fingerprint density at radius 3 is 2.38 bits per heavy atom. The molecule has 6 heteroatoms. The molecule has 0 spiro atoms. The van der Waals surface area contributed by atoms with Crippen LogP contribution in [0.1, 0.15) is 29.8 Å². The van der Waals surface area contributed by atoms with Gasteiger partial charge in [0.2, 0.25) is 0 Å². The van der Waals surface area contributed by atoms with Crippen LogP contribution in [0.15, 0.2) is 48.5 Å². The summed E-state index contributed by atoms with van der Waals surface area (Å²) in [6.07, 6.45) is -4.45. The molecule has 0 saturated heterocycles. The predicted molar refractivity (Wildman–Crippen MR) is 86.2 cm³/mol. The maximum Gasteiger partial charge on any atom is 0.416 e. The number of carbonyl (C=O) groups excluding carboxylic acids is 1. The molecule has 0 radical (unpaired) electrons. The third-order valence-electron chi connectivity index (χ3n) is 3.15. The minimum absolute atomic E-state index is 0.0926. The van der Waals surface area contributed by atoms with Crippen LogP contribution in [0.3, 0.4) is 0 Å². The Kier molecular flexibility index (Phi) is 5.49. The number of ether oxygens (including phenoxy) is 1. The fraction of sp³-hybridized carbons (Fsp3) is 0.278. The molecule has 0 atom stereocenters. The number of carbonyl (C=O) groups is 1. The Morgan fingerprint density at radius 1 is 1.12 bits per heavy atom. The lowest BCUT2D eigenvalue weighted by molar-refractivity contribution is -0.137. The van der Waals surface area contributed by atoms with E-state index in [9.17, 15) is 18.0 Å². The van der Waals surface area contributed by atoms with Gasteiger partial charge >= 0.3 is 6.18 Å². The third kappa shape index (κ3) is 5.01. The molecule has 0 aliphatic heterocycles. The Labute approximate surface area is 138 Å². The Bertz CT molecular complexity index is 694. The van der Waals surface area contributed by atoms with Crippen LogP contribution >= 0.6 is 0 Å². The van der Waals surface area contributed by atoms with E-state index in [0.717, 1.165) is 12.1 Å². The first-order chi connectivity index (χ1) is 11.3. The molecule has 2 rings (SSSR count). The second-order valence-electron chi connectivity index (χ2n) is 5.76. The van der Waals surface area contributed by atoms with Gasteiger partial charge in [0.05, 0.1) is 12.2 Å². The van der Waals surface area contributed by atoms with E-state index < -0.39 is 17.6 Å². The summed E-state index contributed by atoms with van der Waals surface area (Å²) < 4.78 is 43.5. The maximum absolute atomic E-state index is 12.7. The van der Waals surface area contributed by atoms with Crippen molar-refractivity contribution in [2.24, 2.45) is 5.92 Å². The zero-order chi connectivity index (χ0) is 17.7. The molecule has 0 heterocycles. The lowest BCUT2D eigenvalue weighted by Crippen LogP contribution is -2.13. The second kappa shape index (κ2) is 7.38. The number of alkyl halides is 3. The van der Waals surface area contributed by atoms with Crippen LogP contribution in [0.25, 0.3) is 0 Å². The third-order valence-corrected chi connectivity index (χ3v) is 3.15. The molecule has 0 aliphatic rings. The standard InChI is InChI=1S/C18H18F3NO2/c1-12(2)11-24-16-8-6-13(7-9-16)17(23)22-15-5-3-4-14(10-15)18(19,20)21/h3-10,12H,11H2,1-2H3,(H,22,23). The number of rotatable bonds is 5.